The van der Waals surface area contributed by atoms with Crippen LogP contribution >= 0.6 is 0 Å². The number of nitrogens with one attached hydrogen (secondary N) is 2. The summed E-state index contributed by atoms with van der Waals surface area (Å²) >= 11 is 0. The van der Waals surface area contributed by atoms with Gasteiger partial charge in [-0.1, -0.05) is 37.3 Å². The summed E-state index contributed by atoms with van der Waals surface area (Å²) in [6, 6.07) is 12.5. The Morgan fingerprint density at radius 3 is 2.69 bits per heavy atom. The van der Waals surface area contributed by atoms with Gasteiger partial charge < -0.3 is 29.2 Å². The van der Waals surface area contributed by atoms with E-state index < -0.39 is 28.2 Å². The van der Waals surface area contributed by atoms with Crippen molar-refractivity contribution in [1.82, 2.24) is 15.2 Å². The Morgan fingerprint density at radius 1 is 1.18 bits per heavy atom. The van der Waals surface area contributed by atoms with E-state index in [2.05, 4.69) is 10.6 Å². The summed E-state index contributed by atoms with van der Waals surface area (Å²) in [5.41, 5.74) is 2.99. The molecular weight excluding hydrogens is 518 g/mol. The van der Waals surface area contributed by atoms with Crippen molar-refractivity contribution in [3.8, 4) is 5.75 Å². The van der Waals surface area contributed by atoms with Gasteiger partial charge in [-0.15, -0.1) is 0 Å². The van der Waals surface area contributed by atoms with Crippen LogP contribution in [0.2, 0.25) is 0 Å². The van der Waals surface area contributed by atoms with Gasteiger partial charge in [0.2, 0.25) is 0 Å². The predicted molar refractivity (Wildman–Crippen MR) is 150 cm³/mol. The van der Waals surface area contributed by atoms with Crippen molar-refractivity contribution in [2.24, 2.45) is 5.92 Å². The first-order valence-corrected chi connectivity index (χ1v) is 15.3. The molecule has 2 atom stereocenters. The van der Waals surface area contributed by atoms with Gasteiger partial charge in [0.25, 0.3) is 5.91 Å². The van der Waals surface area contributed by atoms with E-state index in [1.165, 1.54) is 6.07 Å². The molecule has 3 heterocycles. The van der Waals surface area contributed by atoms with Crippen molar-refractivity contribution in [2.75, 3.05) is 32.1 Å². The van der Waals surface area contributed by atoms with Crippen LogP contribution < -0.4 is 14.8 Å². The number of aromatic nitrogens is 1. The van der Waals surface area contributed by atoms with Crippen LogP contribution in [0.25, 0.3) is 10.9 Å². The average Bonchev–Trinajstić information content (AvgIpc) is 3.24. The van der Waals surface area contributed by atoms with Gasteiger partial charge in [0, 0.05) is 43.4 Å². The maximum Gasteiger partial charge on any atom is 0.311 e. The van der Waals surface area contributed by atoms with Gasteiger partial charge in [-0.05, 0) is 61.4 Å². The molecule has 0 radical (unpaired) electrons. The predicted octanol–water partition coefficient (Wildman–Crippen LogP) is 2.64. The number of aliphatic hydroxyl groups is 1. The van der Waals surface area contributed by atoms with E-state index in [4.69, 9.17) is 8.92 Å². The molecule has 0 spiro atoms. The van der Waals surface area contributed by atoms with Crippen LogP contribution in [0.1, 0.15) is 41.3 Å². The second-order valence-corrected chi connectivity index (χ2v) is 12.2. The van der Waals surface area contributed by atoms with Gasteiger partial charge in [-0.3, -0.25) is 4.79 Å². The lowest BCUT2D eigenvalue weighted by Crippen LogP contribution is -2.49. The highest BCUT2D eigenvalue weighted by Crippen LogP contribution is 2.35. The fraction of sp³-hybridized carbons (Fsp3) is 0.483. The first kappa shape index (κ1) is 27.6. The number of aryl methyl sites for hydroxylation is 2. The van der Waals surface area contributed by atoms with E-state index in [-0.39, 0.29) is 11.5 Å². The maximum atomic E-state index is 13.6. The number of nitrogens with zero attached hydrogens (tertiary/aromatic N) is 1. The first-order valence-electron chi connectivity index (χ1n) is 13.7. The zero-order chi connectivity index (χ0) is 27.4. The third-order valence-corrected chi connectivity index (χ3v) is 8.78. The van der Waals surface area contributed by atoms with Crippen molar-refractivity contribution < 1.29 is 27.2 Å². The van der Waals surface area contributed by atoms with Crippen LogP contribution in [0.4, 0.5) is 0 Å². The van der Waals surface area contributed by atoms with E-state index in [9.17, 15) is 18.3 Å². The summed E-state index contributed by atoms with van der Waals surface area (Å²) in [6.07, 6.45) is 4.28. The third kappa shape index (κ3) is 6.63. The number of ether oxygens (including phenoxy) is 1. The molecule has 0 saturated carbocycles. The van der Waals surface area contributed by atoms with Crippen molar-refractivity contribution in [1.29, 1.82) is 0 Å². The van der Waals surface area contributed by atoms with Gasteiger partial charge in [0.15, 0.2) is 5.75 Å². The quantitative estimate of drug-likeness (QED) is 0.329. The summed E-state index contributed by atoms with van der Waals surface area (Å²) in [4.78, 5) is 13.6. The zero-order valence-electron chi connectivity index (χ0n) is 22.3. The first-order chi connectivity index (χ1) is 18.8. The molecule has 1 amide bonds. The molecule has 10 heteroatoms. The largest absolute Gasteiger partial charge is 0.390 e. The minimum absolute atomic E-state index is 0.137. The summed E-state index contributed by atoms with van der Waals surface area (Å²) in [5.74, 6) is 0.144. The van der Waals surface area contributed by atoms with Crippen LogP contribution in [0.15, 0.2) is 48.7 Å². The Morgan fingerprint density at radius 2 is 1.95 bits per heavy atom. The SMILES string of the molecule is CCc1cn2c3c(cc(C(=O)N[C@@H](Cc4ccccc4)[C@H](O)CNCC4CCOCC4)cc13)OS(=O)(=O)CC2. The molecule has 1 saturated heterocycles. The summed E-state index contributed by atoms with van der Waals surface area (Å²) < 4.78 is 37.6. The minimum atomic E-state index is -3.77. The number of carbonyl (C=O) groups is 1. The normalized spacial score (nSPS) is 18.7. The Labute approximate surface area is 229 Å². The summed E-state index contributed by atoms with van der Waals surface area (Å²) in [5, 5.41) is 18.4. The van der Waals surface area contributed by atoms with Crippen LogP contribution in [0.3, 0.4) is 0 Å². The molecule has 210 valence electrons. The van der Waals surface area contributed by atoms with Crippen molar-refractivity contribution in [3.05, 3.63) is 65.4 Å². The minimum Gasteiger partial charge on any atom is -0.390 e. The molecule has 3 N–H and O–H groups in total. The molecule has 2 aliphatic heterocycles. The topological polar surface area (TPSA) is 119 Å². The van der Waals surface area contributed by atoms with E-state index in [0.29, 0.717) is 36.5 Å². The van der Waals surface area contributed by atoms with Crippen LogP contribution in [0, 0.1) is 5.92 Å². The van der Waals surface area contributed by atoms with Gasteiger partial charge in [-0.25, -0.2) is 0 Å². The Hall–Kier alpha value is -2.92. The summed E-state index contributed by atoms with van der Waals surface area (Å²) in [7, 11) is -3.77. The standard InChI is InChI=1S/C29H37N3O6S/c1-2-22-19-32-10-13-39(35,36)38-27-16-23(15-24(22)28(27)32)29(34)31-25(14-20-6-4-3-5-7-20)26(33)18-30-17-21-8-11-37-12-9-21/h3-7,15-16,19,21,25-26,30,33H,2,8-14,17-18H2,1H3,(H,31,34)/t25-,26+/m0/s1. The van der Waals surface area contributed by atoms with E-state index >= 15 is 0 Å². The monoisotopic (exact) mass is 555 g/mol. The summed E-state index contributed by atoms with van der Waals surface area (Å²) in [6.45, 7) is 4.97. The van der Waals surface area contributed by atoms with Crippen molar-refractivity contribution in [3.63, 3.8) is 0 Å². The number of hydrogen-bond acceptors (Lipinski definition) is 7. The van der Waals surface area contributed by atoms with Crippen LogP contribution in [-0.2, 0) is 34.2 Å². The fourth-order valence-electron chi connectivity index (χ4n) is 5.44. The molecule has 2 aromatic carbocycles. The Bertz CT molecular complexity index is 1400. The van der Waals surface area contributed by atoms with E-state index in [1.807, 2.05) is 48.0 Å². The average molecular weight is 556 g/mol. The van der Waals surface area contributed by atoms with Gasteiger partial charge in [0.05, 0.1) is 17.7 Å². The molecule has 0 aliphatic carbocycles. The number of aliphatic hydroxyl groups excluding tert-OH is 1. The molecule has 0 bridgehead atoms. The molecule has 5 rings (SSSR count). The maximum absolute atomic E-state index is 13.6. The molecule has 39 heavy (non-hydrogen) atoms. The van der Waals surface area contributed by atoms with E-state index in [0.717, 1.165) is 55.5 Å². The molecule has 0 unspecified atom stereocenters. The van der Waals surface area contributed by atoms with Gasteiger partial charge in [0.1, 0.15) is 5.75 Å². The fourth-order valence-corrected chi connectivity index (χ4v) is 6.35. The molecule has 1 fully saturated rings. The molecule has 3 aromatic rings. The van der Waals surface area contributed by atoms with Crippen molar-refractivity contribution in [2.45, 2.75) is 51.3 Å². The Kier molecular flexibility index (Phi) is 8.56. The smallest absolute Gasteiger partial charge is 0.311 e. The Balaban J connectivity index is 1.37. The molecule has 2 aliphatic rings. The molecule has 1 aromatic heterocycles. The second kappa shape index (κ2) is 12.1. The molecule has 9 nitrogen and oxygen atoms in total. The number of amides is 1. The number of hydrogen-bond donors (Lipinski definition) is 3. The lowest BCUT2D eigenvalue weighted by Gasteiger charge is -2.27. The van der Waals surface area contributed by atoms with Crippen LogP contribution in [0.5, 0.6) is 5.75 Å². The van der Waals surface area contributed by atoms with Crippen LogP contribution in [-0.4, -0.2) is 68.2 Å². The number of benzene rings is 2. The van der Waals surface area contributed by atoms with Gasteiger partial charge in [-0.2, -0.15) is 8.42 Å². The second-order valence-electron chi connectivity index (χ2n) is 10.5. The molecular formula is C29H37N3O6S. The lowest BCUT2D eigenvalue weighted by atomic mass is 9.98. The highest BCUT2D eigenvalue weighted by atomic mass is 32.2. The zero-order valence-corrected chi connectivity index (χ0v) is 23.1. The number of rotatable bonds is 10. The number of carbonyl (C=O) groups excluding carboxylic acids is 1. The van der Waals surface area contributed by atoms with Crippen molar-refractivity contribution >= 4 is 26.9 Å². The van der Waals surface area contributed by atoms with Gasteiger partial charge >= 0.3 is 10.1 Å². The highest BCUT2D eigenvalue weighted by molar-refractivity contribution is 7.87. The highest BCUT2D eigenvalue weighted by Gasteiger charge is 2.27. The van der Waals surface area contributed by atoms with E-state index in [1.54, 1.807) is 6.07 Å². The lowest BCUT2D eigenvalue weighted by molar-refractivity contribution is 0.0630. The third-order valence-electron chi connectivity index (χ3n) is 7.67.